The third-order valence-electron chi connectivity index (χ3n) is 5.90. The van der Waals surface area contributed by atoms with Gasteiger partial charge in [-0.25, -0.2) is 5.01 Å². The van der Waals surface area contributed by atoms with Crippen LogP contribution in [0.3, 0.4) is 0 Å². The monoisotopic (exact) mass is 514 g/mol. The first-order valence-corrected chi connectivity index (χ1v) is 11.5. The Morgan fingerprint density at radius 2 is 1.76 bits per heavy atom. The largest absolute Gasteiger partial charge is 0.497 e. The van der Waals surface area contributed by atoms with Crippen molar-refractivity contribution in [2.45, 2.75) is 31.5 Å². The lowest BCUT2D eigenvalue weighted by Crippen LogP contribution is -2.50. The summed E-state index contributed by atoms with van der Waals surface area (Å²) in [4.78, 5) is 13.1. The van der Waals surface area contributed by atoms with Crippen molar-refractivity contribution in [3.63, 3.8) is 0 Å². The summed E-state index contributed by atoms with van der Waals surface area (Å²) >= 11 is 12.3. The fraction of sp³-hybridized carbons (Fsp3) is 0.391. The highest BCUT2D eigenvalue weighted by atomic mass is 35.5. The second kappa shape index (κ2) is 10.0. The Hall–Kier alpha value is -2.49. The molecule has 2 heterocycles. The van der Waals surface area contributed by atoms with Crippen molar-refractivity contribution in [2.24, 2.45) is 11.0 Å². The fourth-order valence-electron chi connectivity index (χ4n) is 4.26. The molecule has 0 bridgehead atoms. The van der Waals surface area contributed by atoms with Gasteiger partial charge in [0.2, 0.25) is 0 Å². The Balaban J connectivity index is 1.79. The van der Waals surface area contributed by atoms with Crippen molar-refractivity contribution in [3.05, 3.63) is 58.1 Å². The predicted octanol–water partition coefficient (Wildman–Crippen LogP) is 5.61. The molecule has 0 spiro atoms. The smallest absolute Gasteiger partial charge is 0.399 e. The number of hydrazine groups is 1. The van der Waals surface area contributed by atoms with Crippen LogP contribution in [0.15, 0.2) is 47.6 Å². The van der Waals surface area contributed by atoms with Gasteiger partial charge in [0.1, 0.15) is 17.4 Å². The Kier molecular flexibility index (Phi) is 7.25. The number of alkyl halides is 3. The van der Waals surface area contributed by atoms with Crippen molar-refractivity contribution < 1.29 is 22.7 Å². The highest BCUT2D eigenvalue weighted by Gasteiger charge is 2.56. The van der Waals surface area contributed by atoms with E-state index in [9.17, 15) is 18.0 Å². The molecule has 0 saturated carbocycles. The van der Waals surface area contributed by atoms with Gasteiger partial charge in [-0.2, -0.15) is 18.3 Å². The molecular weight excluding hydrogens is 492 g/mol. The lowest BCUT2D eigenvalue weighted by Gasteiger charge is -2.30. The van der Waals surface area contributed by atoms with E-state index in [0.29, 0.717) is 29.4 Å². The second-order valence-electron chi connectivity index (χ2n) is 8.15. The predicted molar refractivity (Wildman–Crippen MR) is 125 cm³/mol. The lowest BCUT2D eigenvalue weighted by atomic mass is 9.88. The van der Waals surface area contributed by atoms with E-state index in [0.717, 1.165) is 24.3 Å². The Morgan fingerprint density at radius 3 is 2.35 bits per heavy atom. The average molecular weight is 515 g/mol. The lowest BCUT2D eigenvalue weighted by molar-refractivity contribution is -0.160. The van der Waals surface area contributed by atoms with E-state index < -0.39 is 29.8 Å². The van der Waals surface area contributed by atoms with Crippen molar-refractivity contribution in [3.8, 4) is 5.75 Å². The molecule has 0 aromatic heterocycles. The number of hydrogen-bond donors (Lipinski definition) is 1. The topological polar surface area (TPSA) is 57.2 Å². The van der Waals surface area contributed by atoms with Gasteiger partial charge in [0, 0.05) is 18.1 Å². The van der Waals surface area contributed by atoms with Crippen molar-refractivity contribution in [2.75, 3.05) is 25.2 Å². The standard InChI is InChI=1S/C23H23Cl2F3N4O2/c1-34-16-8-5-14(6-9-16)21-19(23(26,27)28)20(22(33)30-31-11-3-2-4-12-31)29-32(21)18-10-7-15(24)13-17(18)25/h5-10,13,19,21H,2-4,11-12H2,1H3,(H,30,33). The zero-order valence-electron chi connectivity index (χ0n) is 18.3. The van der Waals surface area contributed by atoms with Gasteiger partial charge in [0.25, 0.3) is 5.91 Å². The molecule has 2 aliphatic heterocycles. The third kappa shape index (κ3) is 5.11. The van der Waals surface area contributed by atoms with Crippen LogP contribution in [0.5, 0.6) is 5.75 Å². The number of piperidine rings is 1. The summed E-state index contributed by atoms with van der Waals surface area (Å²) in [6.07, 6.45) is -2.02. The van der Waals surface area contributed by atoms with Gasteiger partial charge in [-0.3, -0.25) is 15.2 Å². The number of halogens is 5. The Morgan fingerprint density at radius 1 is 1.09 bits per heavy atom. The number of carbonyl (C=O) groups is 1. The average Bonchev–Trinajstić information content (AvgIpc) is 3.21. The number of rotatable bonds is 5. The van der Waals surface area contributed by atoms with Crippen LogP contribution in [0.1, 0.15) is 30.9 Å². The molecule has 2 atom stereocenters. The zero-order valence-corrected chi connectivity index (χ0v) is 19.8. The third-order valence-corrected chi connectivity index (χ3v) is 6.44. The summed E-state index contributed by atoms with van der Waals surface area (Å²) in [5.41, 5.74) is 2.51. The number of benzene rings is 2. The second-order valence-corrected chi connectivity index (χ2v) is 9.00. The Bertz CT molecular complexity index is 1070. The number of nitrogens with zero attached hydrogens (tertiary/aromatic N) is 3. The highest BCUT2D eigenvalue weighted by molar-refractivity contribution is 6.41. The van der Waals surface area contributed by atoms with Gasteiger partial charge in [-0.15, -0.1) is 0 Å². The van der Waals surface area contributed by atoms with E-state index >= 15 is 0 Å². The number of methoxy groups -OCH3 is 1. The van der Waals surface area contributed by atoms with Gasteiger partial charge in [0.15, 0.2) is 0 Å². The maximum atomic E-state index is 14.5. The molecule has 182 valence electrons. The minimum absolute atomic E-state index is 0.119. The van der Waals surface area contributed by atoms with Crippen LogP contribution in [-0.4, -0.2) is 43.0 Å². The van der Waals surface area contributed by atoms with Gasteiger partial charge < -0.3 is 4.74 Å². The molecule has 1 fully saturated rings. The van der Waals surface area contributed by atoms with Crippen LogP contribution in [0.2, 0.25) is 10.0 Å². The molecule has 34 heavy (non-hydrogen) atoms. The first-order chi connectivity index (χ1) is 16.2. The molecule has 4 rings (SSSR count). The molecule has 2 aliphatic rings. The molecule has 1 amide bonds. The Labute approximate surface area is 205 Å². The van der Waals surface area contributed by atoms with Crippen LogP contribution >= 0.6 is 23.2 Å². The molecule has 6 nitrogen and oxygen atoms in total. The van der Waals surface area contributed by atoms with E-state index in [1.165, 1.54) is 37.4 Å². The highest BCUT2D eigenvalue weighted by Crippen LogP contribution is 2.48. The SMILES string of the molecule is COc1ccc(C2C(C(F)(F)F)C(C(=O)NN3CCCCC3)=NN2c2ccc(Cl)cc2Cl)cc1. The van der Waals surface area contributed by atoms with E-state index in [4.69, 9.17) is 27.9 Å². The molecule has 0 aliphatic carbocycles. The summed E-state index contributed by atoms with van der Waals surface area (Å²) in [5.74, 6) is -2.57. The van der Waals surface area contributed by atoms with Crippen LogP contribution < -0.4 is 15.2 Å². The van der Waals surface area contributed by atoms with E-state index in [2.05, 4.69) is 10.5 Å². The molecule has 1 N–H and O–H groups in total. The fourth-order valence-corrected chi connectivity index (χ4v) is 4.76. The molecule has 2 aromatic carbocycles. The minimum Gasteiger partial charge on any atom is -0.497 e. The van der Waals surface area contributed by atoms with Crippen molar-refractivity contribution >= 4 is 40.5 Å². The van der Waals surface area contributed by atoms with Gasteiger partial charge in [-0.1, -0.05) is 41.8 Å². The van der Waals surface area contributed by atoms with Crippen molar-refractivity contribution in [1.82, 2.24) is 10.4 Å². The summed E-state index contributed by atoms with van der Waals surface area (Å²) in [5, 5.41) is 7.44. The quantitative estimate of drug-likeness (QED) is 0.562. The summed E-state index contributed by atoms with van der Waals surface area (Å²) < 4.78 is 48.7. The zero-order chi connectivity index (χ0) is 24.5. The minimum atomic E-state index is -4.75. The van der Waals surface area contributed by atoms with E-state index in [-0.39, 0.29) is 10.7 Å². The number of anilines is 1. The van der Waals surface area contributed by atoms with E-state index in [1.807, 2.05) is 0 Å². The first kappa shape index (κ1) is 24.6. The van der Waals surface area contributed by atoms with Gasteiger partial charge in [0.05, 0.1) is 23.9 Å². The molecule has 11 heteroatoms. The van der Waals surface area contributed by atoms with E-state index in [1.54, 1.807) is 17.1 Å². The summed E-state index contributed by atoms with van der Waals surface area (Å²) in [7, 11) is 1.47. The first-order valence-electron chi connectivity index (χ1n) is 10.8. The molecular formula is C23H23Cl2F3N4O2. The number of nitrogens with one attached hydrogen (secondary N) is 1. The number of carbonyl (C=O) groups excluding carboxylic acids is 1. The van der Waals surface area contributed by atoms with Gasteiger partial charge >= 0.3 is 6.18 Å². The number of hydrazone groups is 1. The van der Waals surface area contributed by atoms with Crippen molar-refractivity contribution in [1.29, 1.82) is 0 Å². The van der Waals surface area contributed by atoms with Crippen LogP contribution in [-0.2, 0) is 4.79 Å². The summed E-state index contributed by atoms with van der Waals surface area (Å²) in [6, 6.07) is 9.26. The maximum Gasteiger partial charge on any atom is 0.399 e. The number of hydrogen-bond acceptors (Lipinski definition) is 5. The summed E-state index contributed by atoms with van der Waals surface area (Å²) in [6.45, 7) is 1.15. The van der Waals surface area contributed by atoms with Crippen LogP contribution in [0.4, 0.5) is 18.9 Å². The number of amides is 1. The molecule has 2 unspecified atom stereocenters. The van der Waals surface area contributed by atoms with Crippen LogP contribution in [0.25, 0.3) is 0 Å². The van der Waals surface area contributed by atoms with Gasteiger partial charge in [-0.05, 0) is 48.7 Å². The molecule has 2 aromatic rings. The van der Waals surface area contributed by atoms with Crippen LogP contribution in [0, 0.1) is 5.92 Å². The number of ether oxygens (including phenoxy) is 1. The molecule has 0 radical (unpaired) electrons. The maximum absolute atomic E-state index is 14.5. The normalized spacial score (nSPS) is 21.4. The molecule has 1 saturated heterocycles.